The Morgan fingerprint density at radius 2 is 1.79 bits per heavy atom. The first kappa shape index (κ1) is 35.3. The summed E-state index contributed by atoms with van der Waals surface area (Å²) in [6.07, 6.45) is 4.18. The number of primary amides is 1. The highest BCUT2D eigenvalue weighted by atomic mass is 79.9. The highest BCUT2D eigenvalue weighted by Crippen LogP contribution is 2.47. The lowest BCUT2D eigenvalue weighted by atomic mass is 10.0. The van der Waals surface area contributed by atoms with Crippen LogP contribution >= 0.6 is 15.9 Å². The average molecular weight is 744 g/mol. The van der Waals surface area contributed by atoms with E-state index in [0.717, 1.165) is 34.0 Å². The zero-order valence-corrected chi connectivity index (χ0v) is 31.3. The molecule has 1 heterocycles. The van der Waals surface area contributed by atoms with Crippen LogP contribution < -0.4 is 10.0 Å². The van der Waals surface area contributed by atoms with Gasteiger partial charge in [0.2, 0.25) is 10.0 Å². The van der Waals surface area contributed by atoms with Gasteiger partial charge in [0.1, 0.15) is 17.2 Å². The first-order chi connectivity index (χ1) is 21.9. The molecule has 3 aromatic carbocycles. The van der Waals surface area contributed by atoms with Gasteiger partial charge in [0.25, 0.3) is 5.91 Å². The van der Waals surface area contributed by atoms with Gasteiger partial charge in [-0.2, -0.15) is 0 Å². The molecule has 47 heavy (non-hydrogen) atoms. The van der Waals surface area contributed by atoms with Gasteiger partial charge in [-0.25, -0.2) is 12.8 Å². The second kappa shape index (κ2) is 13.5. The molecule has 252 valence electrons. The number of halogens is 2. The van der Waals surface area contributed by atoms with Crippen molar-refractivity contribution in [3.63, 3.8) is 0 Å². The van der Waals surface area contributed by atoms with E-state index in [1.165, 1.54) is 22.7 Å². The summed E-state index contributed by atoms with van der Waals surface area (Å²) in [5.74, 6) is -0.469. The average Bonchev–Trinajstić information content (AvgIpc) is 3.74. The van der Waals surface area contributed by atoms with E-state index < -0.39 is 24.2 Å². The summed E-state index contributed by atoms with van der Waals surface area (Å²) in [5.41, 5.74) is 9.77. The van der Waals surface area contributed by atoms with E-state index in [9.17, 15) is 17.6 Å². The van der Waals surface area contributed by atoms with Gasteiger partial charge >= 0.3 is 0 Å². The Morgan fingerprint density at radius 1 is 1.13 bits per heavy atom. The van der Waals surface area contributed by atoms with Crippen molar-refractivity contribution >= 4 is 56.8 Å². The van der Waals surface area contributed by atoms with Crippen molar-refractivity contribution in [1.82, 2.24) is 0 Å². The van der Waals surface area contributed by atoms with Gasteiger partial charge in [0.05, 0.1) is 23.6 Å². The zero-order valence-electron chi connectivity index (χ0n) is 27.9. The molecule has 0 bridgehead atoms. The minimum absolute atomic E-state index is 0.0249. The standard InChI is InChI=1S/C36H44BrFN2O5SSi/c1-36(2,3)47(5,6)45-27(20-25-9-7-8-10-30(25)37)17-18-40(46(4,42)43)31-22-32-29(21-28(31)24-13-14-24)34(35(39)41)33(44-32)19-23-11-15-26(38)16-12-23/h7-12,15-16,21-22,24,27H,13-14,17-20H2,1-6H3,(H2,39,41). The molecule has 0 saturated heterocycles. The number of amides is 1. The maximum absolute atomic E-state index is 13.6. The highest BCUT2D eigenvalue weighted by Gasteiger charge is 2.40. The normalized spacial score (nSPS) is 14.8. The minimum atomic E-state index is -3.72. The molecule has 1 saturated carbocycles. The summed E-state index contributed by atoms with van der Waals surface area (Å²) >= 11 is 3.68. The Hall–Kier alpha value is -2.99. The Labute approximate surface area is 287 Å². The molecular weight excluding hydrogens is 699 g/mol. The van der Waals surface area contributed by atoms with Crippen molar-refractivity contribution in [1.29, 1.82) is 0 Å². The Balaban J connectivity index is 1.54. The molecule has 0 aliphatic heterocycles. The van der Waals surface area contributed by atoms with Crippen molar-refractivity contribution in [2.24, 2.45) is 5.73 Å². The molecule has 7 nitrogen and oxygen atoms in total. The van der Waals surface area contributed by atoms with Crippen LogP contribution in [0.15, 0.2) is 69.6 Å². The van der Waals surface area contributed by atoms with Crippen LogP contribution in [0.5, 0.6) is 0 Å². The van der Waals surface area contributed by atoms with Crippen LogP contribution in [0, 0.1) is 5.82 Å². The summed E-state index contributed by atoms with van der Waals surface area (Å²) in [6, 6.07) is 17.6. The lowest BCUT2D eigenvalue weighted by molar-refractivity contribution is 0.1000. The third kappa shape index (κ3) is 8.18. The van der Waals surface area contributed by atoms with Crippen LogP contribution in [0.4, 0.5) is 10.1 Å². The molecule has 1 aliphatic rings. The summed E-state index contributed by atoms with van der Waals surface area (Å²) in [6.45, 7) is 11.2. The van der Waals surface area contributed by atoms with E-state index in [4.69, 9.17) is 14.6 Å². The topological polar surface area (TPSA) is 103 Å². The first-order valence-corrected chi connectivity index (χ1v) is 21.5. The molecule has 1 unspecified atom stereocenters. The van der Waals surface area contributed by atoms with E-state index in [1.807, 2.05) is 24.3 Å². The molecule has 4 aromatic rings. The molecule has 1 amide bonds. The number of carbonyl (C=O) groups excluding carboxylic acids is 1. The quantitative estimate of drug-likeness (QED) is 0.138. The summed E-state index contributed by atoms with van der Waals surface area (Å²) < 4.78 is 56.2. The number of sulfonamides is 1. The highest BCUT2D eigenvalue weighted by molar-refractivity contribution is 9.10. The zero-order chi connectivity index (χ0) is 34.3. The van der Waals surface area contributed by atoms with Gasteiger partial charge < -0.3 is 14.6 Å². The fourth-order valence-electron chi connectivity index (χ4n) is 5.75. The fourth-order valence-corrected chi connectivity index (χ4v) is 8.54. The van der Waals surface area contributed by atoms with Gasteiger partial charge in [-0.3, -0.25) is 9.10 Å². The van der Waals surface area contributed by atoms with E-state index in [0.29, 0.717) is 35.3 Å². The van der Waals surface area contributed by atoms with Crippen LogP contribution in [-0.2, 0) is 27.3 Å². The van der Waals surface area contributed by atoms with Gasteiger partial charge in [-0.15, -0.1) is 0 Å². The monoisotopic (exact) mass is 742 g/mol. The van der Waals surface area contributed by atoms with E-state index >= 15 is 0 Å². The van der Waals surface area contributed by atoms with Gasteiger partial charge in [-0.1, -0.05) is 67.0 Å². The number of anilines is 1. The van der Waals surface area contributed by atoms with Crippen molar-refractivity contribution in [3.8, 4) is 0 Å². The number of carbonyl (C=O) groups is 1. The molecular formula is C36H44BrFN2O5SSi. The second-order valence-corrected chi connectivity index (χ2v) is 21.7. The summed E-state index contributed by atoms with van der Waals surface area (Å²) in [7, 11) is -5.93. The number of fused-ring (bicyclic) bond motifs is 1. The Morgan fingerprint density at radius 3 is 2.36 bits per heavy atom. The maximum Gasteiger partial charge on any atom is 0.252 e. The van der Waals surface area contributed by atoms with E-state index in [1.54, 1.807) is 18.2 Å². The molecule has 1 fully saturated rings. The third-order valence-electron chi connectivity index (χ3n) is 9.45. The third-order valence-corrected chi connectivity index (χ3v) is 15.9. The lowest BCUT2D eigenvalue weighted by Gasteiger charge is -2.40. The molecule has 5 rings (SSSR count). The SMILES string of the molecule is CC(C)(C)[Si](C)(C)OC(CCN(c1cc2oc(Cc3ccc(F)cc3)c(C(N)=O)c2cc1C1CC1)S(C)(=O)=O)Cc1ccccc1Br. The number of furan rings is 1. The van der Waals surface area contributed by atoms with E-state index in [2.05, 4.69) is 55.9 Å². The van der Waals surface area contributed by atoms with Crippen molar-refractivity contribution in [3.05, 3.63) is 99.0 Å². The predicted octanol–water partition coefficient (Wildman–Crippen LogP) is 8.69. The lowest BCUT2D eigenvalue weighted by Crippen LogP contribution is -2.45. The number of hydrogen-bond acceptors (Lipinski definition) is 5. The minimum Gasteiger partial charge on any atom is -0.460 e. The summed E-state index contributed by atoms with van der Waals surface area (Å²) in [5, 5.41) is 0.532. The number of rotatable bonds is 13. The first-order valence-electron chi connectivity index (χ1n) is 16.0. The summed E-state index contributed by atoms with van der Waals surface area (Å²) in [4.78, 5) is 12.7. The van der Waals surface area contributed by atoms with Crippen molar-refractivity contribution in [2.75, 3.05) is 17.1 Å². The molecule has 1 atom stereocenters. The predicted molar refractivity (Wildman–Crippen MR) is 193 cm³/mol. The molecule has 1 aliphatic carbocycles. The number of nitrogens with two attached hydrogens (primary N) is 1. The molecule has 0 spiro atoms. The molecule has 1 aromatic heterocycles. The van der Waals surface area contributed by atoms with E-state index in [-0.39, 0.29) is 41.4 Å². The molecule has 11 heteroatoms. The maximum atomic E-state index is 13.6. The van der Waals surface area contributed by atoms with Gasteiger partial charge in [0, 0.05) is 28.9 Å². The van der Waals surface area contributed by atoms with Gasteiger partial charge in [-0.05, 0) is 90.7 Å². The van der Waals surface area contributed by atoms with Crippen LogP contribution in [0.3, 0.4) is 0 Å². The Kier molecular flexibility index (Phi) is 10.1. The van der Waals surface area contributed by atoms with Crippen LogP contribution in [-0.4, -0.2) is 41.5 Å². The number of benzene rings is 3. The smallest absolute Gasteiger partial charge is 0.252 e. The van der Waals surface area contributed by atoms with Crippen molar-refractivity contribution in [2.45, 2.75) is 83.0 Å². The van der Waals surface area contributed by atoms with Gasteiger partial charge in [0.15, 0.2) is 8.32 Å². The van der Waals surface area contributed by atoms with Crippen LogP contribution in [0.25, 0.3) is 11.0 Å². The number of hydrogen-bond donors (Lipinski definition) is 1. The fraction of sp³-hybridized carbons (Fsp3) is 0.417. The molecule has 0 radical (unpaired) electrons. The largest absolute Gasteiger partial charge is 0.460 e. The van der Waals surface area contributed by atoms with Crippen LogP contribution in [0.2, 0.25) is 18.1 Å². The van der Waals surface area contributed by atoms with Crippen molar-refractivity contribution < 1.29 is 26.4 Å². The second-order valence-electron chi connectivity index (χ2n) is 14.2. The number of nitrogens with zero attached hydrogens (tertiary/aromatic N) is 1. The molecule has 2 N–H and O–H groups in total. The van der Waals surface area contributed by atoms with Crippen LogP contribution in [0.1, 0.15) is 78.8 Å². The Bertz CT molecular complexity index is 1880.